The van der Waals surface area contributed by atoms with Crippen LogP contribution in [0.25, 0.3) is 0 Å². The summed E-state index contributed by atoms with van der Waals surface area (Å²) in [6.45, 7) is 9.91. The lowest BCUT2D eigenvalue weighted by atomic mass is 10.0. The van der Waals surface area contributed by atoms with Crippen molar-refractivity contribution in [2.75, 3.05) is 31.6 Å². The van der Waals surface area contributed by atoms with Gasteiger partial charge in [0.1, 0.15) is 12.4 Å². The van der Waals surface area contributed by atoms with Gasteiger partial charge in [-0.15, -0.1) is 0 Å². The third-order valence-corrected chi connectivity index (χ3v) is 5.84. The van der Waals surface area contributed by atoms with Gasteiger partial charge in [0.25, 0.3) is 0 Å². The van der Waals surface area contributed by atoms with Crippen LogP contribution in [0.2, 0.25) is 0 Å². The average molecular weight is 471 g/mol. The Labute approximate surface area is 203 Å². The fourth-order valence-electron chi connectivity index (χ4n) is 3.60. The number of carbonyl (C=O) groups excluding carboxylic acids is 1. The van der Waals surface area contributed by atoms with Crippen molar-refractivity contribution < 1.29 is 24.2 Å². The van der Waals surface area contributed by atoms with E-state index in [9.17, 15) is 14.7 Å². The van der Waals surface area contributed by atoms with Crippen molar-refractivity contribution in [1.82, 2.24) is 4.90 Å². The van der Waals surface area contributed by atoms with Crippen molar-refractivity contribution in [3.05, 3.63) is 59.7 Å². The summed E-state index contributed by atoms with van der Waals surface area (Å²) in [6.07, 6.45) is 1.45. The molecule has 2 N–H and O–H groups in total. The fourth-order valence-corrected chi connectivity index (χ4v) is 3.60. The van der Waals surface area contributed by atoms with E-state index in [1.165, 1.54) is 0 Å². The SMILES string of the molecule is CCOC(Cc1ccc(OCCN(CC(CC)CC)C(=O)Nc2ccc(C)cc2)cc1)C(=O)O. The Morgan fingerprint density at radius 3 is 2.21 bits per heavy atom. The number of nitrogens with zero attached hydrogens (tertiary/aromatic N) is 1. The zero-order valence-electron chi connectivity index (χ0n) is 20.8. The van der Waals surface area contributed by atoms with Crippen LogP contribution in [-0.4, -0.2) is 54.4 Å². The lowest BCUT2D eigenvalue weighted by Crippen LogP contribution is -2.40. The molecule has 2 aromatic carbocycles. The summed E-state index contributed by atoms with van der Waals surface area (Å²) in [5.74, 6) is 0.132. The number of hydrogen-bond donors (Lipinski definition) is 2. The quantitative estimate of drug-likeness (QED) is 0.387. The molecule has 0 fully saturated rings. The van der Waals surface area contributed by atoms with Gasteiger partial charge in [-0.3, -0.25) is 0 Å². The van der Waals surface area contributed by atoms with E-state index in [4.69, 9.17) is 9.47 Å². The first kappa shape index (κ1) is 27.2. The average Bonchev–Trinajstić information content (AvgIpc) is 2.83. The number of amides is 2. The van der Waals surface area contributed by atoms with Gasteiger partial charge in [0.15, 0.2) is 6.10 Å². The van der Waals surface area contributed by atoms with Gasteiger partial charge in [-0.25, -0.2) is 9.59 Å². The maximum absolute atomic E-state index is 13.0. The minimum Gasteiger partial charge on any atom is -0.492 e. The maximum atomic E-state index is 13.0. The van der Waals surface area contributed by atoms with Crippen molar-refractivity contribution in [3.63, 3.8) is 0 Å². The van der Waals surface area contributed by atoms with Gasteiger partial charge in [0, 0.05) is 25.3 Å². The molecule has 2 rings (SSSR count). The Hall–Kier alpha value is -3.06. The zero-order chi connectivity index (χ0) is 24.9. The standard InChI is InChI=1S/C27H38N2O5/c1-5-21(6-2)19-29(27(32)28-23-12-8-20(4)9-13-23)16-17-34-24-14-10-22(11-15-24)18-25(26(30)31)33-7-3/h8-15,21,25H,5-7,16-19H2,1-4H3,(H,28,32)(H,30,31). The number of anilines is 1. The smallest absolute Gasteiger partial charge is 0.333 e. The lowest BCUT2D eigenvalue weighted by molar-refractivity contribution is -0.149. The minimum absolute atomic E-state index is 0.134. The van der Waals surface area contributed by atoms with Gasteiger partial charge in [-0.2, -0.15) is 0 Å². The summed E-state index contributed by atoms with van der Waals surface area (Å²) in [7, 11) is 0. The highest BCUT2D eigenvalue weighted by Gasteiger charge is 2.19. The summed E-state index contributed by atoms with van der Waals surface area (Å²) >= 11 is 0. The van der Waals surface area contributed by atoms with Crippen LogP contribution in [-0.2, 0) is 16.0 Å². The van der Waals surface area contributed by atoms with Gasteiger partial charge < -0.3 is 24.8 Å². The largest absolute Gasteiger partial charge is 0.492 e. The first-order valence-electron chi connectivity index (χ1n) is 12.0. The molecule has 0 saturated heterocycles. The first-order chi connectivity index (χ1) is 16.4. The number of carbonyl (C=O) groups is 2. The number of urea groups is 1. The molecule has 1 unspecified atom stereocenters. The molecule has 0 aromatic heterocycles. The molecule has 34 heavy (non-hydrogen) atoms. The first-order valence-corrected chi connectivity index (χ1v) is 12.0. The number of ether oxygens (including phenoxy) is 2. The second-order valence-electron chi connectivity index (χ2n) is 8.40. The van der Waals surface area contributed by atoms with Crippen molar-refractivity contribution in [1.29, 1.82) is 0 Å². The molecule has 0 aliphatic rings. The predicted octanol–water partition coefficient (Wildman–Crippen LogP) is 5.38. The molecule has 2 aromatic rings. The second-order valence-corrected chi connectivity index (χ2v) is 8.40. The van der Waals surface area contributed by atoms with E-state index in [2.05, 4.69) is 19.2 Å². The van der Waals surface area contributed by atoms with Crippen LogP contribution in [0, 0.1) is 12.8 Å². The summed E-state index contributed by atoms with van der Waals surface area (Å²) in [6, 6.07) is 14.9. The molecule has 0 aliphatic carbocycles. The van der Waals surface area contributed by atoms with Gasteiger partial charge >= 0.3 is 12.0 Å². The normalized spacial score (nSPS) is 11.8. The molecule has 0 aliphatic heterocycles. The molecule has 0 bridgehead atoms. The van der Waals surface area contributed by atoms with E-state index in [0.29, 0.717) is 44.4 Å². The molecular formula is C27H38N2O5. The van der Waals surface area contributed by atoms with E-state index in [1.807, 2.05) is 60.4 Å². The highest BCUT2D eigenvalue weighted by Crippen LogP contribution is 2.16. The number of rotatable bonds is 14. The van der Waals surface area contributed by atoms with Crippen molar-refractivity contribution >= 4 is 17.7 Å². The Balaban J connectivity index is 1.95. The van der Waals surface area contributed by atoms with Gasteiger partial charge in [0.2, 0.25) is 0 Å². The summed E-state index contributed by atoms with van der Waals surface area (Å²) in [5, 5.41) is 12.2. The van der Waals surface area contributed by atoms with Crippen molar-refractivity contribution in [2.24, 2.45) is 5.92 Å². The molecule has 1 atom stereocenters. The molecule has 0 heterocycles. The second kappa shape index (κ2) is 14.3. The molecular weight excluding hydrogens is 432 g/mol. The van der Waals surface area contributed by atoms with Crippen LogP contribution in [0.3, 0.4) is 0 Å². The number of hydrogen-bond acceptors (Lipinski definition) is 4. The highest BCUT2D eigenvalue weighted by atomic mass is 16.5. The molecule has 0 spiro atoms. The van der Waals surface area contributed by atoms with Crippen molar-refractivity contribution in [3.8, 4) is 5.75 Å². The monoisotopic (exact) mass is 470 g/mol. The molecule has 0 saturated carbocycles. The minimum atomic E-state index is -0.969. The molecule has 7 nitrogen and oxygen atoms in total. The van der Waals surface area contributed by atoms with Crippen LogP contribution >= 0.6 is 0 Å². The Bertz CT molecular complexity index is 879. The van der Waals surface area contributed by atoms with E-state index in [-0.39, 0.29) is 6.03 Å². The number of nitrogens with one attached hydrogen (secondary N) is 1. The number of carboxylic acids is 1. The van der Waals surface area contributed by atoms with Crippen LogP contribution in [0.4, 0.5) is 10.5 Å². The molecule has 7 heteroatoms. The molecule has 2 amide bonds. The lowest BCUT2D eigenvalue weighted by Gasteiger charge is -2.27. The van der Waals surface area contributed by atoms with Crippen LogP contribution in [0.15, 0.2) is 48.5 Å². The van der Waals surface area contributed by atoms with Crippen LogP contribution in [0.5, 0.6) is 5.75 Å². The van der Waals surface area contributed by atoms with Gasteiger partial charge in [0.05, 0.1) is 6.54 Å². The zero-order valence-corrected chi connectivity index (χ0v) is 20.8. The van der Waals surface area contributed by atoms with E-state index < -0.39 is 12.1 Å². The van der Waals surface area contributed by atoms with E-state index in [1.54, 1.807) is 6.92 Å². The number of aliphatic carboxylic acids is 1. The van der Waals surface area contributed by atoms with Crippen molar-refractivity contribution in [2.45, 2.75) is 53.1 Å². The maximum Gasteiger partial charge on any atom is 0.333 e. The summed E-state index contributed by atoms with van der Waals surface area (Å²) in [4.78, 5) is 26.1. The molecule has 186 valence electrons. The Kier molecular flexibility index (Phi) is 11.4. The summed E-state index contributed by atoms with van der Waals surface area (Å²) < 4.78 is 11.2. The predicted molar refractivity (Wildman–Crippen MR) is 135 cm³/mol. The van der Waals surface area contributed by atoms with Crippen LogP contribution in [0.1, 0.15) is 44.7 Å². The number of carboxylic acid groups (broad SMARTS) is 1. The number of benzene rings is 2. The Morgan fingerprint density at radius 2 is 1.65 bits per heavy atom. The highest BCUT2D eigenvalue weighted by molar-refractivity contribution is 5.89. The van der Waals surface area contributed by atoms with Gasteiger partial charge in [-0.1, -0.05) is 56.5 Å². The molecule has 0 radical (unpaired) electrons. The topological polar surface area (TPSA) is 88.1 Å². The van der Waals surface area contributed by atoms with E-state index >= 15 is 0 Å². The van der Waals surface area contributed by atoms with Crippen LogP contribution < -0.4 is 10.1 Å². The third kappa shape index (κ3) is 9.06. The summed E-state index contributed by atoms with van der Waals surface area (Å²) in [5.41, 5.74) is 2.78. The Morgan fingerprint density at radius 1 is 1.00 bits per heavy atom. The number of aryl methyl sites for hydroxylation is 1. The fraction of sp³-hybridized carbons (Fsp3) is 0.481. The van der Waals surface area contributed by atoms with Gasteiger partial charge in [-0.05, 0) is 49.6 Å². The van der Waals surface area contributed by atoms with E-state index in [0.717, 1.165) is 29.7 Å². The third-order valence-electron chi connectivity index (χ3n) is 5.84.